The molecule has 2 aromatic carbocycles. The van der Waals surface area contributed by atoms with Crippen molar-refractivity contribution >= 4 is 23.2 Å². The van der Waals surface area contributed by atoms with E-state index < -0.39 is 0 Å². The molecule has 0 spiro atoms. The van der Waals surface area contributed by atoms with Gasteiger partial charge in [0.25, 0.3) is 5.91 Å². The number of hydrogen-bond donors (Lipinski definition) is 2. The van der Waals surface area contributed by atoms with Crippen molar-refractivity contribution in [2.75, 3.05) is 19.0 Å². The maximum atomic E-state index is 12.2. The van der Waals surface area contributed by atoms with E-state index in [1.807, 2.05) is 31.2 Å². The SMILES string of the molecule is CCOc1cc(C2NC(=O)c3ccccc3N2)cc(Cl)c1OC. The van der Waals surface area contributed by atoms with Gasteiger partial charge in [-0.15, -0.1) is 0 Å². The largest absolute Gasteiger partial charge is 0.491 e. The Balaban J connectivity index is 1.98. The number of ether oxygens (including phenoxy) is 2. The molecule has 6 heteroatoms. The third-order valence-electron chi connectivity index (χ3n) is 3.62. The van der Waals surface area contributed by atoms with Crippen LogP contribution < -0.4 is 20.1 Å². The Morgan fingerprint density at radius 1 is 1.22 bits per heavy atom. The summed E-state index contributed by atoms with van der Waals surface area (Å²) in [6.07, 6.45) is -0.389. The zero-order chi connectivity index (χ0) is 16.4. The lowest BCUT2D eigenvalue weighted by atomic mass is 10.1. The van der Waals surface area contributed by atoms with Crippen LogP contribution in [0.3, 0.4) is 0 Å². The molecule has 2 aromatic rings. The average molecular weight is 333 g/mol. The van der Waals surface area contributed by atoms with Crippen LogP contribution in [-0.2, 0) is 0 Å². The monoisotopic (exact) mass is 332 g/mol. The van der Waals surface area contributed by atoms with Gasteiger partial charge in [-0.05, 0) is 36.8 Å². The normalized spacial score (nSPS) is 16.1. The van der Waals surface area contributed by atoms with Crippen LogP contribution in [0.2, 0.25) is 5.02 Å². The van der Waals surface area contributed by atoms with E-state index in [0.29, 0.717) is 28.7 Å². The van der Waals surface area contributed by atoms with E-state index in [1.54, 1.807) is 19.2 Å². The minimum Gasteiger partial charge on any atom is -0.491 e. The summed E-state index contributed by atoms with van der Waals surface area (Å²) in [5, 5.41) is 6.64. The lowest BCUT2D eigenvalue weighted by molar-refractivity contribution is 0.0935. The van der Waals surface area contributed by atoms with E-state index in [1.165, 1.54) is 0 Å². The third-order valence-corrected chi connectivity index (χ3v) is 3.90. The van der Waals surface area contributed by atoms with Gasteiger partial charge in [-0.25, -0.2) is 0 Å². The minimum absolute atomic E-state index is 0.130. The zero-order valence-corrected chi connectivity index (χ0v) is 13.6. The molecule has 0 bridgehead atoms. The fourth-order valence-electron chi connectivity index (χ4n) is 2.59. The van der Waals surface area contributed by atoms with E-state index >= 15 is 0 Å². The molecule has 1 heterocycles. The molecule has 1 atom stereocenters. The van der Waals surface area contributed by atoms with E-state index in [0.717, 1.165) is 11.3 Å². The first-order valence-corrected chi connectivity index (χ1v) is 7.68. The molecule has 1 aliphatic heterocycles. The van der Waals surface area contributed by atoms with Crippen LogP contribution in [0.4, 0.5) is 5.69 Å². The van der Waals surface area contributed by atoms with Crippen LogP contribution in [0, 0.1) is 0 Å². The molecule has 0 aliphatic carbocycles. The summed E-state index contributed by atoms with van der Waals surface area (Å²) in [6, 6.07) is 10.9. The molecule has 0 radical (unpaired) electrons. The molecule has 23 heavy (non-hydrogen) atoms. The van der Waals surface area contributed by atoms with Crippen LogP contribution in [0.25, 0.3) is 0 Å². The van der Waals surface area contributed by atoms with Gasteiger partial charge in [0.05, 0.1) is 24.3 Å². The lowest BCUT2D eigenvalue weighted by Crippen LogP contribution is -2.38. The quantitative estimate of drug-likeness (QED) is 0.898. The number of fused-ring (bicyclic) bond motifs is 1. The molecule has 0 aromatic heterocycles. The number of nitrogens with one attached hydrogen (secondary N) is 2. The highest BCUT2D eigenvalue weighted by Gasteiger charge is 2.25. The van der Waals surface area contributed by atoms with Crippen LogP contribution in [-0.4, -0.2) is 19.6 Å². The second kappa shape index (κ2) is 6.38. The van der Waals surface area contributed by atoms with Crippen LogP contribution in [0.1, 0.15) is 29.0 Å². The van der Waals surface area contributed by atoms with Crippen LogP contribution in [0.5, 0.6) is 11.5 Å². The van der Waals surface area contributed by atoms with Gasteiger partial charge in [-0.3, -0.25) is 4.79 Å². The molecule has 5 nitrogen and oxygen atoms in total. The zero-order valence-electron chi connectivity index (χ0n) is 12.9. The number of carbonyl (C=O) groups excluding carboxylic acids is 1. The van der Waals surface area contributed by atoms with Gasteiger partial charge in [-0.2, -0.15) is 0 Å². The Kier molecular flexibility index (Phi) is 4.30. The van der Waals surface area contributed by atoms with Crippen molar-refractivity contribution in [1.29, 1.82) is 0 Å². The molecule has 120 valence electrons. The molecular weight excluding hydrogens is 316 g/mol. The van der Waals surface area contributed by atoms with Crippen molar-refractivity contribution in [2.45, 2.75) is 13.1 Å². The number of amides is 1. The highest BCUT2D eigenvalue weighted by atomic mass is 35.5. The Morgan fingerprint density at radius 3 is 2.74 bits per heavy atom. The molecule has 1 unspecified atom stereocenters. The second-order valence-corrected chi connectivity index (χ2v) is 5.47. The van der Waals surface area contributed by atoms with Crippen molar-refractivity contribution in [3.63, 3.8) is 0 Å². The number of rotatable bonds is 4. The van der Waals surface area contributed by atoms with Crippen LogP contribution >= 0.6 is 11.6 Å². The van der Waals surface area contributed by atoms with Crippen molar-refractivity contribution in [1.82, 2.24) is 5.32 Å². The van der Waals surface area contributed by atoms with E-state index in [-0.39, 0.29) is 12.1 Å². The van der Waals surface area contributed by atoms with Gasteiger partial charge in [0.15, 0.2) is 11.5 Å². The van der Waals surface area contributed by atoms with Crippen molar-refractivity contribution in [3.8, 4) is 11.5 Å². The summed E-state index contributed by atoms with van der Waals surface area (Å²) < 4.78 is 10.9. The Morgan fingerprint density at radius 2 is 2.00 bits per heavy atom. The summed E-state index contributed by atoms with van der Waals surface area (Å²) >= 11 is 6.28. The summed E-state index contributed by atoms with van der Waals surface area (Å²) in [7, 11) is 1.54. The first-order chi connectivity index (χ1) is 11.1. The van der Waals surface area contributed by atoms with Crippen LogP contribution in [0.15, 0.2) is 36.4 Å². The first kappa shape index (κ1) is 15.5. The maximum absolute atomic E-state index is 12.2. The number of methoxy groups -OCH3 is 1. The highest BCUT2D eigenvalue weighted by Crippen LogP contribution is 2.38. The lowest BCUT2D eigenvalue weighted by Gasteiger charge is -2.28. The second-order valence-electron chi connectivity index (χ2n) is 5.06. The predicted octanol–water partition coefficient (Wildman–Crippen LogP) is 3.60. The summed E-state index contributed by atoms with van der Waals surface area (Å²) in [5.41, 5.74) is 2.20. The summed E-state index contributed by atoms with van der Waals surface area (Å²) in [4.78, 5) is 12.2. The Bertz CT molecular complexity index is 749. The van der Waals surface area contributed by atoms with Crippen molar-refractivity contribution < 1.29 is 14.3 Å². The standard InChI is InChI=1S/C17H17ClN2O3/c1-3-23-14-9-10(8-12(18)15(14)22-2)16-19-13-7-5-4-6-11(13)17(21)20-16/h4-9,16,19H,3H2,1-2H3,(H,20,21). The number of carbonyl (C=O) groups is 1. The number of hydrogen-bond acceptors (Lipinski definition) is 4. The van der Waals surface area contributed by atoms with E-state index in [4.69, 9.17) is 21.1 Å². The molecule has 0 saturated heterocycles. The number of halogens is 1. The molecule has 1 amide bonds. The Hall–Kier alpha value is -2.40. The molecule has 0 saturated carbocycles. The maximum Gasteiger partial charge on any atom is 0.255 e. The van der Waals surface area contributed by atoms with Crippen molar-refractivity contribution in [3.05, 3.63) is 52.5 Å². The molecule has 2 N–H and O–H groups in total. The van der Waals surface area contributed by atoms with E-state index in [9.17, 15) is 4.79 Å². The minimum atomic E-state index is -0.389. The fraction of sp³-hybridized carbons (Fsp3) is 0.235. The van der Waals surface area contributed by atoms with Gasteiger partial charge in [-0.1, -0.05) is 23.7 Å². The van der Waals surface area contributed by atoms with Crippen molar-refractivity contribution in [2.24, 2.45) is 0 Å². The first-order valence-electron chi connectivity index (χ1n) is 7.30. The fourth-order valence-corrected chi connectivity index (χ4v) is 2.89. The topological polar surface area (TPSA) is 59.6 Å². The number of para-hydroxylation sites is 1. The summed E-state index contributed by atoms with van der Waals surface area (Å²) in [6.45, 7) is 2.38. The predicted molar refractivity (Wildman–Crippen MR) is 89.4 cm³/mol. The van der Waals surface area contributed by atoms with Gasteiger partial charge >= 0.3 is 0 Å². The Labute approximate surface area is 139 Å². The average Bonchev–Trinajstić information content (AvgIpc) is 2.55. The summed E-state index contributed by atoms with van der Waals surface area (Å²) in [5.74, 6) is 0.904. The van der Waals surface area contributed by atoms with Gasteiger partial charge in [0.2, 0.25) is 0 Å². The molecule has 0 fully saturated rings. The molecular formula is C17H17ClN2O3. The molecule has 1 aliphatic rings. The smallest absolute Gasteiger partial charge is 0.255 e. The van der Waals surface area contributed by atoms with Gasteiger partial charge in [0.1, 0.15) is 6.17 Å². The van der Waals surface area contributed by atoms with Gasteiger partial charge in [0, 0.05) is 5.69 Å². The van der Waals surface area contributed by atoms with E-state index in [2.05, 4.69) is 10.6 Å². The van der Waals surface area contributed by atoms with Gasteiger partial charge < -0.3 is 20.1 Å². The number of benzene rings is 2. The third kappa shape index (κ3) is 2.92. The molecule has 3 rings (SSSR count). The number of anilines is 1. The highest BCUT2D eigenvalue weighted by molar-refractivity contribution is 6.32.